The molecule has 0 N–H and O–H groups in total. The van der Waals surface area contributed by atoms with Crippen molar-refractivity contribution in [2.24, 2.45) is 0 Å². The largest absolute Gasteiger partial charge is 0.455 e. The van der Waals surface area contributed by atoms with Crippen LogP contribution in [0.15, 0.2) is 49.4 Å². The molecule has 1 unspecified atom stereocenters. The highest BCUT2D eigenvalue weighted by Gasteiger charge is 2.15. The number of carbonyl (C=O) groups is 1. The Bertz CT molecular complexity index is 591. The highest BCUT2D eigenvalue weighted by molar-refractivity contribution is 5.81. The second-order valence-corrected chi connectivity index (χ2v) is 7.32. The smallest absolute Gasteiger partial charge is 0.337 e. The van der Waals surface area contributed by atoms with Crippen LogP contribution in [-0.4, -0.2) is 12.3 Å². The van der Waals surface area contributed by atoms with Crippen molar-refractivity contribution >= 4 is 5.97 Å². The molecule has 0 aliphatic rings. The van der Waals surface area contributed by atoms with Crippen molar-refractivity contribution in [1.82, 2.24) is 0 Å². The van der Waals surface area contributed by atoms with Crippen LogP contribution in [0.4, 0.5) is 0 Å². The number of unbranched alkanes of at least 4 members (excludes halogenated alkanes) is 7. The fraction of sp³-hybridized carbons (Fsp3) is 0.560. The number of hydrogen-bond acceptors (Lipinski definition) is 4. The summed E-state index contributed by atoms with van der Waals surface area (Å²) in [6, 6.07) is 8.15. The van der Waals surface area contributed by atoms with E-state index in [0.717, 1.165) is 31.1 Å². The van der Waals surface area contributed by atoms with E-state index in [-0.39, 0.29) is 5.95 Å². The van der Waals surface area contributed by atoms with Gasteiger partial charge in [0.1, 0.15) is 5.75 Å². The molecule has 29 heavy (non-hydrogen) atoms. The third-order valence-electron chi connectivity index (χ3n) is 4.70. The van der Waals surface area contributed by atoms with Gasteiger partial charge in [0.15, 0.2) is 0 Å². The fourth-order valence-electron chi connectivity index (χ4n) is 3.01. The van der Waals surface area contributed by atoms with Gasteiger partial charge in [-0.05, 0) is 43.5 Å². The minimum absolute atomic E-state index is 0.0773. The quantitative estimate of drug-likeness (QED) is 0.0917. The summed E-state index contributed by atoms with van der Waals surface area (Å²) in [5, 5.41) is 0. The molecule has 0 aliphatic heterocycles. The summed E-state index contributed by atoms with van der Waals surface area (Å²) >= 11 is 0. The summed E-state index contributed by atoms with van der Waals surface area (Å²) in [5.41, 5.74) is 1.32. The van der Waals surface area contributed by atoms with Crippen LogP contribution in [0.5, 0.6) is 5.75 Å². The first kappa shape index (κ1) is 24.8. The van der Waals surface area contributed by atoms with Gasteiger partial charge in [-0.2, -0.15) is 0 Å². The van der Waals surface area contributed by atoms with Crippen LogP contribution < -0.4 is 4.74 Å². The van der Waals surface area contributed by atoms with Gasteiger partial charge in [0, 0.05) is 12.5 Å². The van der Waals surface area contributed by atoms with Crippen LogP contribution in [0.2, 0.25) is 0 Å². The molecule has 1 atom stereocenters. The first-order valence-corrected chi connectivity index (χ1v) is 11.0. The normalized spacial score (nSPS) is 11.5. The van der Waals surface area contributed by atoms with Crippen molar-refractivity contribution in [2.45, 2.75) is 90.8 Å². The minimum Gasteiger partial charge on any atom is -0.455 e. The summed E-state index contributed by atoms with van der Waals surface area (Å²) in [5.74, 6) is 0.0581. The number of carbonyl (C=O) groups excluding carboxylic acids is 1. The summed E-state index contributed by atoms with van der Waals surface area (Å²) < 4.78 is 16.4. The zero-order valence-corrected chi connectivity index (χ0v) is 18.3. The van der Waals surface area contributed by atoms with Crippen LogP contribution in [0, 0.1) is 0 Å². The first-order chi connectivity index (χ1) is 14.1. The second-order valence-electron chi connectivity index (χ2n) is 7.32. The maximum Gasteiger partial charge on any atom is 0.337 e. The molecule has 4 heteroatoms. The van der Waals surface area contributed by atoms with Gasteiger partial charge in [0.2, 0.25) is 6.29 Å². The Kier molecular flexibility index (Phi) is 13.4. The van der Waals surface area contributed by atoms with Crippen molar-refractivity contribution in [2.75, 3.05) is 0 Å². The highest BCUT2D eigenvalue weighted by atomic mass is 16.8. The van der Waals surface area contributed by atoms with Crippen molar-refractivity contribution < 1.29 is 19.0 Å². The Hall–Kier alpha value is -2.23. The molecule has 162 valence electrons. The summed E-state index contributed by atoms with van der Waals surface area (Å²) in [4.78, 5) is 11.3. The van der Waals surface area contributed by atoms with Crippen molar-refractivity contribution in [3.05, 3.63) is 55.0 Å². The van der Waals surface area contributed by atoms with Gasteiger partial charge in [-0.25, -0.2) is 4.79 Å². The summed E-state index contributed by atoms with van der Waals surface area (Å²) in [6.45, 7) is 11.3. The van der Waals surface area contributed by atoms with E-state index in [0.29, 0.717) is 6.42 Å². The summed E-state index contributed by atoms with van der Waals surface area (Å²) in [7, 11) is 0. The lowest BCUT2D eigenvalue weighted by atomic mass is 10.0. The zero-order chi connectivity index (χ0) is 21.3. The van der Waals surface area contributed by atoms with Crippen molar-refractivity contribution in [3.8, 4) is 5.75 Å². The maximum absolute atomic E-state index is 11.3. The van der Waals surface area contributed by atoms with E-state index in [2.05, 4.69) is 39.1 Å². The average Bonchev–Trinajstić information content (AvgIpc) is 2.72. The van der Waals surface area contributed by atoms with E-state index in [4.69, 9.17) is 14.2 Å². The number of benzene rings is 1. The zero-order valence-electron chi connectivity index (χ0n) is 18.3. The van der Waals surface area contributed by atoms with E-state index in [1.807, 2.05) is 12.1 Å². The molecule has 0 bridgehead atoms. The Morgan fingerprint density at radius 2 is 1.59 bits per heavy atom. The Morgan fingerprint density at radius 3 is 2.21 bits per heavy atom. The lowest BCUT2D eigenvalue weighted by Crippen LogP contribution is -2.21. The van der Waals surface area contributed by atoms with E-state index in [9.17, 15) is 4.79 Å². The molecule has 0 aliphatic carbocycles. The van der Waals surface area contributed by atoms with E-state index in [1.54, 1.807) is 0 Å². The Labute approximate surface area is 176 Å². The van der Waals surface area contributed by atoms with Gasteiger partial charge in [0.05, 0.1) is 0 Å². The molecule has 1 aromatic rings. The monoisotopic (exact) mass is 402 g/mol. The number of esters is 1. The van der Waals surface area contributed by atoms with Gasteiger partial charge in [-0.3, -0.25) is 0 Å². The van der Waals surface area contributed by atoms with Crippen LogP contribution in [-0.2, 0) is 20.7 Å². The molecule has 0 saturated heterocycles. The van der Waals surface area contributed by atoms with Crippen molar-refractivity contribution in [1.29, 1.82) is 0 Å². The van der Waals surface area contributed by atoms with Gasteiger partial charge in [0.25, 0.3) is 5.95 Å². The van der Waals surface area contributed by atoms with Crippen LogP contribution in [0.25, 0.3) is 0 Å². The molecule has 0 aromatic heterocycles. The third-order valence-corrected chi connectivity index (χ3v) is 4.70. The average molecular weight is 403 g/mol. The molecule has 0 heterocycles. The number of hydrogen-bond donors (Lipinski definition) is 0. The molecule has 0 radical (unpaired) electrons. The minimum atomic E-state index is -0.598. The van der Waals surface area contributed by atoms with Gasteiger partial charge < -0.3 is 14.2 Å². The topological polar surface area (TPSA) is 44.8 Å². The Morgan fingerprint density at radius 1 is 0.966 bits per heavy atom. The second kappa shape index (κ2) is 15.7. The molecule has 4 nitrogen and oxygen atoms in total. The van der Waals surface area contributed by atoms with Gasteiger partial charge >= 0.3 is 5.97 Å². The first-order valence-electron chi connectivity index (χ1n) is 11.0. The number of aryl methyl sites for hydroxylation is 1. The summed E-state index contributed by atoms with van der Waals surface area (Å²) in [6.07, 6.45) is 13.5. The molecule has 0 spiro atoms. The number of rotatable bonds is 17. The van der Waals surface area contributed by atoms with Crippen LogP contribution >= 0.6 is 0 Å². The highest BCUT2D eigenvalue weighted by Crippen LogP contribution is 2.20. The lowest BCUT2D eigenvalue weighted by molar-refractivity contribution is -0.148. The molecular weight excluding hydrogens is 364 g/mol. The van der Waals surface area contributed by atoms with Gasteiger partial charge in [-0.1, -0.05) is 77.5 Å². The maximum atomic E-state index is 11.3. The lowest BCUT2D eigenvalue weighted by Gasteiger charge is -2.21. The SMILES string of the molecule is C=CC(=O)OC(=C)OC(CCCC)Oc1ccc(CCCCCCCCC)cc1. The molecule has 0 saturated carbocycles. The molecule has 1 aromatic carbocycles. The predicted molar refractivity (Wildman–Crippen MR) is 119 cm³/mol. The van der Waals surface area contributed by atoms with Crippen LogP contribution in [0.1, 0.15) is 83.6 Å². The van der Waals surface area contributed by atoms with E-state index >= 15 is 0 Å². The molecule has 1 rings (SSSR count). The Balaban J connectivity index is 2.44. The van der Waals surface area contributed by atoms with Crippen molar-refractivity contribution in [3.63, 3.8) is 0 Å². The predicted octanol–water partition coefficient (Wildman–Crippen LogP) is 7.09. The fourth-order valence-corrected chi connectivity index (χ4v) is 3.01. The third kappa shape index (κ3) is 12.0. The molecule has 0 fully saturated rings. The molecular formula is C25H38O4. The van der Waals surface area contributed by atoms with E-state index < -0.39 is 12.3 Å². The van der Waals surface area contributed by atoms with E-state index in [1.165, 1.54) is 50.5 Å². The van der Waals surface area contributed by atoms with Crippen LogP contribution in [0.3, 0.4) is 0 Å². The molecule has 0 amide bonds. The van der Waals surface area contributed by atoms with Gasteiger partial charge in [-0.15, -0.1) is 0 Å². The number of ether oxygens (including phenoxy) is 3. The standard InChI is InChI=1S/C25H38O4/c1-5-8-10-11-12-13-14-15-22-17-19-23(20-18-22)29-25(16-9-6-2)28-21(4)27-24(26)7-3/h7,17-20,25H,3-6,8-16H2,1-2H3.